The molecule has 0 amide bonds. The molecule has 3 N–H and O–H groups in total. The second-order valence-corrected chi connectivity index (χ2v) is 5.40. The van der Waals surface area contributed by atoms with Gasteiger partial charge >= 0.3 is 0 Å². The Hall–Kier alpha value is -0.580. The van der Waals surface area contributed by atoms with Crippen molar-refractivity contribution in [3.8, 4) is 0 Å². The van der Waals surface area contributed by atoms with Crippen LogP contribution in [0.5, 0.6) is 0 Å². The van der Waals surface area contributed by atoms with Crippen molar-refractivity contribution >= 4 is 17.0 Å². The fourth-order valence-corrected chi connectivity index (χ4v) is 3.10. The summed E-state index contributed by atoms with van der Waals surface area (Å²) in [6.45, 7) is 3.86. The summed E-state index contributed by atoms with van der Waals surface area (Å²) in [4.78, 5) is 2.30. The molecule has 0 bridgehead atoms. The molecule has 90 valence electrons. The summed E-state index contributed by atoms with van der Waals surface area (Å²) in [6, 6.07) is 2.30. The van der Waals surface area contributed by atoms with E-state index in [1.807, 2.05) is 6.92 Å². The van der Waals surface area contributed by atoms with Crippen molar-refractivity contribution < 1.29 is 5.11 Å². The number of hydrogen-bond donors (Lipinski definition) is 2. The van der Waals surface area contributed by atoms with Crippen LogP contribution in [0.2, 0.25) is 0 Å². The van der Waals surface area contributed by atoms with E-state index in [-0.39, 0.29) is 12.1 Å². The Kier molecular flexibility index (Phi) is 3.84. The third kappa shape index (κ3) is 2.56. The number of thiophene rings is 1. The number of rotatable bonds is 3. The van der Waals surface area contributed by atoms with Gasteiger partial charge in [0.15, 0.2) is 0 Å². The van der Waals surface area contributed by atoms with Gasteiger partial charge in [-0.1, -0.05) is 6.92 Å². The average molecular weight is 240 g/mol. The number of aliphatic hydroxyl groups excluding tert-OH is 1. The largest absolute Gasteiger partial charge is 0.393 e. The molecule has 0 aromatic carbocycles. The van der Waals surface area contributed by atoms with Gasteiger partial charge in [0.2, 0.25) is 0 Å². The molecule has 3 nitrogen and oxygen atoms in total. The predicted octanol–water partition coefficient (Wildman–Crippen LogP) is 1.67. The Balaban J connectivity index is 2.05. The minimum absolute atomic E-state index is 0.180. The lowest BCUT2D eigenvalue weighted by Gasteiger charge is -2.39. The molecule has 2 heterocycles. The Bertz CT molecular complexity index is 315. The first kappa shape index (κ1) is 11.9. The van der Waals surface area contributed by atoms with Crippen LogP contribution in [0.1, 0.15) is 19.8 Å². The summed E-state index contributed by atoms with van der Waals surface area (Å²) in [5, 5.41) is 14.2. The first-order chi connectivity index (χ1) is 7.70. The van der Waals surface area contributed by atoms with Gasteiger partial charge in [0.1, 0.15) is 0 Å². The van der Waals surface area contributed by atoms with Crippen LogP contribution in [-0.4, -0.2) is 30.3 Å². The van der Waals surface area contributed by atoms with Gasteiger partial charge in [-0.25, -0.2) is 0 Å². The lowest BCUT2D eigenvalue weighted by atomic mass is 9.88. The standard InChI is InChI=1S/C12H20N2OS/c1-2-12(15)9-5-10(13)7-14(6-9)11-3-4-16-8-11/h3-4,8-10,12,15H,2,5-7,13H2,1H3. The molecule has 1 saturated heterocycles. The van der Waals surface area contributed by atoms with Crippen molar-refractivity contribution in [1.29, 1.82) is 0 Å². The van der Waals surface area contributed by atoms with E-state index in [9.17, 15) is 5.11 Å². The van der Waals surface area contributed by atoms with Gasteiger partial charge in [-0.2, -0.15) is 11.3 Å². The molecule has 16 heavy (non-hydrogen) atoms. The van der Waals surface area contributed by atoms with E-state index in [2.05, 4.69) is 21.7 Å². The molecular weight excluding hydrogens is 220 g/mol. The molecule has 3 atom stereocenters. The van der Waals surface area contributed by atoms with Crippen molar-refractivity contribution in [2.45, 2.75) is 31.9 Å². The highest BCUT2D eigenvalue weighted by atomic mass is 32.1. The van der Waals surface area contributed by atoms with Gasteiger partial charge in [0, 0.05) is 36.1 Å². The SMILES string of the molecule is CCC(O)C1CC(N)CN(c2ccsc2)C1. The molecule has 0 aliphatic carbocycles. The number of nitrogens with two attached hydrogens (primary N) is 1. The first-order valence-corrected chi connectivity index (χ1v) is 6.85. The minimum atomic E-state index is -0.215. The van der Waals surface area contributed by atoms with Crippen LogP contribution in [0.25, 0.3) is 0 Å². The van der Waals surface area contributed by atoms with Gasteiger partial charge in [-0.3, -0.25) is 0 Å². The van der Waals surface area contributed by atoms with E-state index >= 15 is 0 Å². The van der Waals surface area contributed by atoms with Crippen LogP contribution >= 0.6 is 11.3 Å². The smallest absolute Gasteiger partial charge is 0.0583 e. The van der Waals surface area contributed by atoms with Crippen molar-refractivity contribution in [1.82, 2.24) is 0 Å². The Labute approximate surface area is 101 Å². The summed E-state index contributed by atoms with van der Waals surface area (Å²) in [7, 11) is 0. The lowest BCUT2D eigenvalue weighted by molar-refractivity contribution is 0.0902. The van der Waals surface area contributed by atoms with Gasteiger partial charge in [0.05, 0.1) is 6.10 Å². The Morgan fingerprint density at radius 2 is 2.44 bits per heavy atom. The number of piperidine rings is 1. The van der Waals surface area contributed by atoms with Gasteiger partial charge in [0.25, 0.3) is 0 Å². The van der Waals surface area contributed by atoms with Gasteiger partial charge in [-0.15, -0.1) is 0 Å². The molecular formula is C12H20N2OS. The zero-order valence-electron chi connectivity index (χ0n) is 9.67. The van der Waals surface area contributed by atoms with Crippen molar-refractivity contribution in [2.24, 2.45) is 11.7 Å². The molecule has 0 spiro atoms. The maximum atomic E-state index is 9.94. The molecule has 0 saturated carbocycles. The molecule has 2 rings (SSSR count). The van der Waals surface area contributed by atoms with E-state index in [0.29, 0.717) is 5.92 Å². The van der Waals surface area contributed by atoms with Crippen LogP contribution in [0.15, 0.2) is 16.8 Å². The summed E-state index contributed by atoms with van der Waals surface area (Å²) >= 11 is 1.70. The second kappa shape index (κ2) is 5.17. The number of anilines is 1. The zero-order valence-corrected chi connectivity index (χ0v) is 10.5. The fraction of sp³-hybridized carbons (Fsp3) is 0.667. The maximum Gasteiger partial charge on any atom is 0.0583 e. The molecule has 1 aliphatic rings. The molecule has 3 unspecified atom stereocenters. The lowest BCUT2D eigenvalue weighted by Crippen LogP contribution is -2.49. The fourth-order valence-electron chi connectivity index (χ4n) is 2.44. The van der Waals surface area contributed by atoms with Crippen LogP contribution in [0.4, 0.5) is 5.69 Å². The summed E-state index contributed by atoms with van der Waals surface area (Å²) in [5.41, 5.74) is 7.31. The third-order valence-corrected chi connectivity index (χ3v) is 4.02. The van der Waals surface area contributed by atoms with Crippen LogP contribution in [-0.2, 0) is 0 Å². The Morgan fingerprint density at radius 3 is 3.06 bits per heavy atom. The molecule has 4 heteroatoms. The molecule has 1 aromatic rings. The molecule has 1 aromatic heterocycles. The summed E-state index contributed by atoms with van der Waals surface area (Å²) < 4.78 is 0. The third-order valence-electron chi connectivity index (χ3n) is 3.35. The summed E-state index contributed by atoms with van der Waals surface area (Å²) in [5.74, 6) is 0.314. The van der Waals surface area contributed by atoms with E-state index < -0.39 is 0 Å². The van der Waals surface area contributed by atoms with Gasteiger partial charge < -0.3 is 15.7 Å². The monoisotopic (exact) mass is 240 g/mol. The van der Waals surface area contributed by atoms with E-state index in [0.717, 1.165) is 25.9 Å². The highest BCUT2D eigenvalue weighted by Crippen LogP contribution is 2.27. The zero-order chi connectivity index (χ0) is 11.5. The minimum Gasteiger partial charge on any atom is -0.393 e. The van der Waals surface area contributed by atoms with Crippen molar-refractivity contribution in [3.05, 3.63) is 16.8 Å². The van der Waals surface area contributed by atoms with Crippen LogP contribution in [0.3, 0.4) is 0 Å². The topological polar surface area (TPSA) is 49.5 Å². The molecule has 0 radical (unpaired) electrons. The number of aliphatic hydroxyl groups is 1. The van der Waals surface area contributed by atoms with Crippen molar-refractivity contribution in [2.75, 3.05) is 18.0 Å². The Morgan fingerprint density at radius 1 is 1.62 bits per heavy atom. The molecule has 1 fully saturated rings. The first-order valence-electron chi connectivity index (χ1n) is 5.91. The normalized spacial score (nSPS) is 28.1. The maximum absolute atomic E-state index is 9.94. The molecule has 1 aliphatic heterocycles. The quantitative estimate of drug-likeness (QED) is 0.845. The van der Waals surface area contributed by atoms with E-state index in [1.54, 1.807) is 11.3 Å². The predicted molar refractivity (Wildman–Crippen MR) is 68.9 cm³/mol. The number of hydrogen-bond acceptors (Lipinski definition) is 4. The summed E-state index contributed by atoms with van der Waals surface area (Å²) in [6.07, 6.45) is 1.54. The second-order valence-electron chi connectivity index (χ2n) is 4.62. The van der Waals surface area contributed by atoms with Crippen LogP contribution in [0, 0.1) is 5.92 Å². The van der Waals surface area contributed by atoms with Gasteiger partial charge in [-0.05, 0) is 24.3 Å². The average Bonchev–Trinajstić information content (AvgIpc) is 2.80. The van der Waals surface area contributed by atoms with Crippen LogP contribution < -0.4 is 10.6 Å². The van der Waals surface area contributed by atoms with E-state index in [4.69, 9.17) is 5.73 Å². The van der Waals surface area contributed by atoms with E-state index in [1.165, 1.54) is 5.69 Å². The highest BCUT2D eigenvalue weighted by molar-refractivity contribution is 7.08. The highest BCUT2D eigenvalue weighted by Gasteiger charge is 2.29. The van der Waals surface area contributed by atoms with Crippen molar-refractivity contribution in [3.63, 3.8) is 0 Å². The number of nitrogens with zero attached hydrogens (tertiary/aromatic N) is 1.